The average molecular weight is 473 g/mol. The van der Waals surface area contributed by atoms with Gasteiger partial charge in [-0.3, -0.25) is 4.79 Å². The van der Waals surface area contributed by atoms with Gasteiger partial charge in [-0.1, -0.05) is 25.5 Å². The summed E-state index contributed by atoms with van der Waals surface area (Å²) >= 11 is 0. The van der Waals surface area contributed by atoms with Crippen LogP contribution < -0.4 is 14.8 Å². The number of ether oxygens (including phenoxy) is 1. The van der Waals surface area contributed by atoms with Crippen LogP contribution >= 0.6 is 0 Å². The van der Waals surface area contributed by atoms with Crippen molar-refractivity contribution in [2.24, 2.45) is 0 Å². The Kier molecular flexibility index (Phi) is 8.30. The van der Waals surface area contributed by atoms with Gasteiger partial charge in [-0.15, -0.1) is 0 Å². The van der Waals surface area contributed by atoms with Gasteiger partial charge in [-0.2, -0.15) is 13.2 Å². The van der Waals surface area contributed by atoms with Crippen molar-refractivity contribution in [1.82, 2.24) is 10.0 Å². The van der Waals surface area contributed by atoms with Crippen molar-refractivity contribution in [3.8, 4) is 5.75 Å². The van der Waals surface area contributed by atoms with Crippen molar-refractivity contribution in [1.29, 1.82) is 0 Å². The van der Waals surface area contributed by atoms with E-state index in [4.69, 9.17) is 4.74 Å². The molecule has 1 unspecified atom stereocenters. The van der Waals surface area contributed by atoms with Crippen LogP contribution in [0, 0.1) is 0 Å². The molecule has 0 heterocycles. The fourth-order valence-corrected chi connectivity index (χ4v) is 4.63. The molecule has 0 saturated heterocycles. The highest BCUT2D eigenvalue weighted by Gasteiger charge is 2.31. The van der Waals surface area contributed by atoms with Gasteiger partial charge in [-0.25, -0.2) is 13.1 Å². The van der Waals surface area contributed by atoms with Crippen LogP contribution in [0.25, 0.3) is 0 Å². The standard InChI is InChI=1S/C22H27F3N2O4S/c1-5-7-18(15-8-6-9-17(12-15)22(23,24)25)26-21(28)16-10-11-19(31-4)20(13-16)32(29,30)27-14(2)3/h6,8-14,18,27H,5,7H2,1-4H3,(H,26,28). The number of hydrogen-bond donors (Lipinski definition) is 2. The first kappa shape index (κ1) is 25.7. The van der Waals surface area contributed by atoms with E-state index in [1.165, 1.54) is 37.4 Å². The van der Waals surface area contributed by atoms with E-state index in [-0.39, 0.29) is 22.3 Å². The highest BCUT2D eigenvalue weighted by Crippen LogP contribution is 2.32. The second-order valence-corrected chi connectivity index (χ2v) is 9.26. The van der Waals surface area contributed by atoms with Crippen LogP contribution in [0.1, 0.15) is 61.1 Å². The Balaban J connectivity index is 2.38. The highest BCUT2D eigenvalue weighted by molar-refractivity contribution is 7.89. The molecular formula is C22H27F3N2O4S. The minimum absolute atomic E-state index is 0.0445. The monoisotopic (exact) mass is 472 g/mol. The van der Waals surface area contributed by atoms with E-state index in [2.05, 4.69) is 10.0 Å². The molecule has 6 nitrogen and oxygen atoms in total. The van der Waals surface area contributed by atoms with Crippen LogP contribution in [-0.4, -0.2) is 27.5 Å². The molecule has 0 radical (unpaired) electrons. The van der Waals surface area contributed by atoms with E-state index >= 15 is 0 Å². The lowest BCUT2D eigenvalue weighted by atomic mass is 9.99. The number of alkyl halides is 3. The molecule has 0 spiro atoms. The largest absolute Gasteiger partial charge is 0.495 e. The number of sulfonamides is 1. The second kappa shape index (κ2) is 10.4. The SMILES string of the molecule is CCCC(NC(=O)c1ccc(OC)c(S(=O)(=O)NC(C)C)c1)c1cccc(C(F)(F)F)c1. The van der Waals surface area contributed by atoms with Crippen LogP contribution in [0.5, 0.6) is 5.75 Å². The third kappa shape index (κ3) is 6.46. The molecule has 2 rings (SSSR count). The average Bonchev–Trinajstić information content (AvgIpc) is 2.71. The third-order valence-corrected chi connectivity index (χ3v) is 6.28. The molecule has 2 aromatic rings. The van der Waals surface area contributed by atoms with E-state index in [1.807, 2.05) is 6.92 Å². The molecule has 32 heavy (non-hydrogen) atoms. The Morgan fingerprint density at radius 3 is 2.38 bits per heavy atom. The smallest absolute Gasteiger partial charge is 0.416 e. The van der Waals surface area contributed by atoms with Gasteiger partial charge >= 0.3 is 6.18 Å². The van der Waals surface area contributed by atoms with Crippen molar-refractivity contribution in [2.75, 3.05) is 7.11 Å². The highest BCUT2D eigenvalue weighted by atomic mass is 32.2. The molecule has 2 aromatic carbocycles. The van der Waals surface area contributed by atoms with Gasteiger partial charge in [0.25, 0.3) is 5.91 Å². The fraction of sp³-hybridized carbons (Fsp3) is 0.409. The van der Waals surface area contributed by atoms with Crippen molar-refractivity contribution in [3.05, 3.63) is 59.2 Å². The number of carbonyl (C=O) groups excluding carboxylic acids is 1. The Bertz CT molecular complexity index is 1050. The lowest BCUT2D eigenvalue weighted by Crippen LogP contribution is -2.31. The van der Waals surface area contributed by atoms with Crippen molar-refractivity contribution in [2.45, 2.75) is 56.8 Å². The van der Waals surface area contributed by atoms with Gasteiger partial charge in [0.15, 0.2) is 0 Å². The molecule has 2 N–H and O–H groups in total. The Morgan fingerprint density at radius 2 is 1.81 bits per heavy atom. The predicted octanol–water partition coefficient (Wildman–Crippen LogP) is 4.67. The number of hydrogen-bond acceptors (Lipinski definition) is 4. The number of amides is 1. The predicted molar refractivity (Wildman–Crippen MR) is 115 cm³/mol. The summed E-state index contributed by atoms with van der Waals surface area (Å²) in [7, 11) is -2.64. The van der Waals surface area contributed by atoms with Crippen LogP contribution in [0.15, 0.2) is 47.4 Å². The van der Waals surface area contributed by atoms with Crippen LogP contribution in [0.4, 0.5) is 13.2 Å². The van der Waals surface area contributed by atoms with Gasteiger partial charge in [0, 0.05) is 11.6 Å². The van der Waals surface area contributed by atoms with Gasteiger partial charge in [0.2, 0.25) is 10.0 Å². The summed E-state index contributed by atoms with van der Waals surface area (Å²) in [5.41, 5.74) is -0.441. The van der Waals surface area contributed by atoms with E-state index in [1.54, 1.807) is 13.8 Å². The molecule has 0 aromatic heterocycles. The van der Waals surface area contributed by atoms with E-state index < -0.39 is 33.7 Å². The molecule has 0 fully saturated rings. The first-order valence-corrected chi connectivity index (χ1v) is 11.6. The fourth-order valence-electron chi connectivity index (χ4n) is 3.19. The minimum Gasteiger partial charge on any atom is -0.495 e. The summed E-state index contributed by atoms with van der Waals surface area (Å²) in [5.74, 6) is -0.540. The summed E-state index contributed by atoms with van der Waals surface area (Å²) in [6.45, 7) is 5.17. The van der Waals surface area contributed by atoms with E-state index in [0.717, 1.165) is 12.1 Å². The number of halogens is 3. The van der Waals surface area contributed by atoms with Crippen molar-refractivity contribution in [3.63, 3.8) is 0 Å². The second-order valence-electron chi connectivity index (χ2n) is 7.58. The van der Waals surface area contributed by atoms with Crippen molar-refractivity contribution < 1.29 is 31.1 Å². The van der Waals surface area contributed by atoms with E-state index in [0.29, 0.717) is 18.4 Å². The summed E-state index contributed by atoms with van der Waals surface area (Å²) in [6.07, 6.45) is -3.48. The topological polar surface area (TPSA) is 84.5 Å². The van der Waals surface area contributed by atoms with Gasteiger partial charge in [0.1, 0.15) is 10.6 Å². The Labute approximate surface area is 186 Å². The molecule has 0 aliphatic rings. The molecule has 0 bridgehead atoms. The van der Waals surface area contributed by atoms with Gasteiger partial charge in [-0.05, 0) is 56.2 Å². The number of methoxy groups -OCH3 is 1. The summed E-state index contributed by atoms with van der Waals surface area (Å²) in [6, 6.07) is 7.69. The number of nitrogens with one attached hydrogen (secondary N) is 2. The zero-order valence-electron chi connectivity index (χ0n) is 18.3. The lowest BCUT2D eigenvalue weighted by Gasteiger charge is -2.20. The molecular weight excluding hydrogens is 445 g/mol. The number of benzene rings is 2. The zero-order chi connectivity index (χ0) is 24.1. The molecule has 0 aliphatic carbocycles. The zero-order valence-corrected chi connectivity index (χ0v) is 19.1. The third-order valence-electron chi connectivity index (χ3n) is 4.61. The quantitative estimate of drug-likeness (QED) is 0.555. The molecule has 10 heteroatoms. The minimum atomic E-state index is -4.50. The molecule has 1 atom stereocenters. The number of rotatable bonds is 9. The molecule has 0 saturated carbocycles. The number of carbonyl (C=O) groups is 1. The Hall–Kier alpha value is -2.59. The maximum atomic E-state index is 13.1. The first-order chi connectivity index (χ1) is 14.9. The van der Waals surface area contributed by atoms with Crippen LogP contribution in [0.2, 0.25) is 0 Å². The van der Waals surface area contributed by atoms with E-state index in [9.17, 15) is 26.4 Å². The van der Waals surface area contributed by atoms with Crippen LogP contribution in [0.3, 0.4) is 0 Å². The Morgan fingerprint density at radius 1 is 1.12 bits per heavy atom. The maximum Gasteiger partial charge on any atom is 0.416 e. The normalized spacial score (nSPS) is 13.1. The molecule has 0 aliphatic heterocycles. The first-order valence-electron chi connectivity index (χ1n) is 10.1. The summed E-state index contributed by atoms with van der Waals surface area (Å²) in [4.78, 5) is 12.7. The van der Waals surface area contributed by atoms with Crippen molar-refractivity contribution >= 4 is 15.9 Å². The lowest BCUT2D eigenvalue weighted by molar-refractivity contribution is -0.137. The summed E-state index contributed by atoms with van der Waals surface area (Å²) in [5, 5.41) is 2.72. The maximum absolute atomic E-state index is 13.1. The van der Waals surface area contributed by atoms with Crippen LogP contribution in [-0.2, 0) is 16.2 Å². The van der Waals surface area contributed by atoms with Gasteiger partial charge in [0.05, 0.1) is 18.7 Å². The molecule has 176 valence electrons. The summed E-state index contributed by atoms with van der Waals surface area (Å²) < 4.78 is 72.2. The molecule has 1 amide bonds. The van der Waals surface area contributed by atoms with Gasteiger partial charge < -0.3 is 10.1 Å².